The highest BCUT2D eigenvalue weighted by molar-refractivity contribution is 5.92. The number of aromatic nitrogens is 2. The molecule has 0 aliphatic carbocycles. The molecule has 0 saturated heterocycles. The summed E-state index contributed by atoms with van der Waals surface area (Å²) in [5, 5.41) is 12.0. The van der Waals surface area contributed by atoms with E-state index in [9.17, 15) is 0 Å². The van der Waals surface area contributed by atoms with E-state index in [2.05, 4.69) is 38.1 Å². The minimum atomic E-state index is 0.495. The second-order valence-electron chi connectivity index (χ2n) is 7.05. The monoisotopic (exact) mass is 399 g/mol. The summed E-state index contributed by atoms with van der Waals surface area (Å²) in [6.07, 6.45) is 1.80. The molecule has 0 amide bonds. The topological polar surface area (TPSA) is 80.3 Å². The Morgan fingerprint density at radius 1 is 1.03 bits per heavy atom. The molecular weight excluding hydrogens is 378 g/mol. The smallest absolute Gasteiger partial charge is 0.229 e. The molecule has 7 nitrogen and oxygen atoms in total. The molecule has 7 heteroatoms. The molecule has 0 radical (unpaired) electrons. The highest BCUT2D eigenvalue weighted by atomic mass is 16.5. The number of nitrogens with one attached hydrogen (secondary N) is 3. The number of methoxy groups -OCH3 is 1. The maximum absolute atomic E-state index is 5.55. The molecule has 150 valence electrons. The molecule has 1 aliphatic rings. The Morgan fingerprint density at radius 3 is 2.83 bits per heavy atom. The lowest BCUT2D eigenvalue weighted by molar-refractivity contribution is 0.372. The zero-order chi connectivity index (χ0) is 20.5. The fourth-order valence-electron chi connectivity index (χ4n) is 3.47. The van der Waals surface area contributed by atoms with Gasteiger partial charge in [0.2, 0.25) is 5.95 Å². The van der Waals surface area contributed by atoms with E-state index in [1.807, 2.05) is 49.4 Å². The molecule has 4 aromatic rings. The number of benzene rings is 3. The molecule has 5 rings (SSSR count). The van der Waals surface area contributed by atoms with Crippen LogP contribution in [0.4, 0.5) is 28.8 Å². The predicted octanol–water partition coefficient (Wildman–Crippen LogP) is 5.20. The van der Waals surface area contributed by atoms with Crippen molar-refractivity contribution < 1.29 is 9.47 Å². The number of hydrogen-bond donors (Lipinski definition) is 3. The molecule has 0 unspecified atom stereocenters. The van der Waals surface area contributed by atoms with Gasteiger partial charge in [-0.15, -0.1) is 0 Å². The van der Waals surface area contributed by atoms with Gasteiger partial charge in [0.25, 0.3) is 0 Å². The lowest BCUT2D eigenvalue weighted by atomic mass is 10.1. The standard InChI is InChI=1S/C23H21N5O2/c1-14-12-24-23(27-17-9-15-5-3-4-6-18(15)21(11-17)29-2)28-22(14)26-16-7-8-20-19(10-16)25-13-30-20/h3-12,25H,13H2,1-2H3,(H2,24,26,27,28). The molecule has 0 fully saturated rings. The summed E-state index contributed by atoms with van der Waals surface area (Å²) in [4.78, 5) is 9.10. The normalized spacial score (nSPS) is 12.1. The molecule has 3 N–H and O–H groups in total. The quantitative estimate of drug-likeness (QED) is 0.426. The third kappa shape index (κ3) is 3.41. The Balaban J connectivity index is 1.43. The van der Waals surface area contributed by atoms with E-state index in [-0.39, 0.29) is 0 Å². The molecule has 0 atom stereocenters. The number of aryl methyl sites for hydroxylation is 1. The Morgan fingerprint density at radius 2 is 1.93 bits per heavy atom. The van der Waals surface area contributed by atoms with Gasteiger partial charge in [-0.1, -0.05) is 24.3 Å². The molecule has 0 spiro atoms. The van der Waals surface area contributed by atoms with Gasteiger partial charge < -0.3 is 25.4 Å². The summed E-state index contributed by atoms with van der Waals surface area (Å²) in [6, 6.07) is 18.0. The molecule has 1 aromatic heterocycles. The predicted molar refractivity (Wildman–Crippen MR) is 119 cm³/mol. The Kier molecular flexibility index (Phi) is 4.48. The minimum absolute atomic E-state index is 0.495. The first-order valence-electron chi connectivity index (χ1n) is 9.65. The van der Waals surface area contributed by atoms with Crippen molar-refractivity contribution in [1.82, 2.24) is 9.97 Å². The van der Waals surface area contributed by atoms with Gasteiger partial charge in [-0.05, 0) is 36.6 Å². The van der Waals surface area contributed by atoms with Crippen LogP contribution >= 0.6 is 0 Å². The number of fused-ring (bicyclic) bond motifs is 2. The Labute approximate surface area is 174 Å². The van der Waals surface area contributed by atoms with Gasteiger partial charge in [0.05, 0.1) is 12.8 Å². The van der Waals surface area contributed by atoms with Gasteiger partial charge in [0, 0.05) is 34.6 Å². The van der Waals surface area contributed by atoms with Gasteiger partial charge >= 0.3 is 0 Å². The van der Waals surface area contributed by atoms with E-state index in [1.165, 1.54) is 0 Å². The third-order valence-corrected chi connectivity index (χ3v) is 5.00. The fraction of sp³-hybridized carbons (Fsp3) is 0.130. The first kappa shape index (κ1) is 18.1. The van der Waals surface area contributed by atoms with Crippen molar-refractivity contribution in [2.45, 2.75) is 6.92 Å². The molecule has 0 saturated carbocycles. The van der Waals surface area contributed by atoms with Crippen molar-refractivity contribution in [2.75, 3.05) is 29.8 Å². The molecule has 30 heavy (non-hydrogen) atoms. The number of ether oxygens (including phenoxy) is 2. The highest BCUT2D eigenvalue weighted by Gasteiger charge is 2.12. The van der Waals surface area contributed by atoms with Gasteiger partial charge in [-0.25, -0.2) is 4.98 Å². The van der Waals surface area contributed by atoms with Crippen molar-refractivity contribution in [3.8, 4) is 11.5 Å². The number of anilines is 5. The summed E-state index contributed by atoms with van der Waals surface area (Å²) >= 11 is 0. The van der Waals surface area contributed by atoms with E-state index >= 15 is 0 Å². The number of hydrogen-bond acceptors (Lipinski definition) is 7. The van der Waals surface area contributed by atoms with Crippen LogP contribution in [0.2, 0.25) is 0 Å². The summed E-state index contributed by atoms with van der Waals surface area (Å²) in [7, 11) is 1.67. The van der Waals surface area contributed by atoms with Crippen LogP contribution in [0.1, 0.15) is 5.56 Å². The summed E-state index contributed by atoms with van der Waals surface area (Å²) in [5.41, 5.74) is 3.70. The Hall–Kier alpha value is -4.00. The maximum Gasteiger partial charge on any atom is 0.229 e. The molecule has 0 bridgehead atoms. The molecule has 1 aliphatic heterocycles. The summed E-state index contributed by atoms with van der Waals surface area (Å²) in [6.45, 7) is 2.47. The highest BCUT2D eigenvalue weighted by Crippen LogP contribution is 2.33. The zero-order valence-corrected chi connectivity index (χ0v) is 16.7. The van der Waals surface area contributed by atoms with E-state index in [0.717, 1.165) is 50.7 Å². The zero-order valence-electron chi connectivity index (χ0n) is 16.7. The van der Waals surface area contributed by atoms with Crippen molar-refractivity contribution in [3.63, 3.8) is 0 Å². The molecule has 3 aromatic carbocycles. The van der Waals surface area contributed by atoms with E-state index in [1.54, 1.807) is 13.3 Å². The summed E-state index contributed by atoms with van der Waals surface area (Å²) < 4.78 is 11.0. The molecular formula is C23H21N5O2. The van der Waals surface area contributed by atoms with E-state index in [0.29, 0.717) is 12.7 Å². The average Bonchev–Trinajstić information content (AvgIpc) is 3.23. The minimum Gasteiger partial charge on any atom is -0.496 e. The third-order valence-electron chi connectivity index (χ3n) is 5.00. The number of rotatable bonds is 5. The van der Waals surface area contributed by atoms with Crippen LogP contribution in [0.25, 0.3) is 10.8 Å². The molecule has 2 heterocycles. The van der Waals surface area contributed by atoms with Crippen LogP contribution in [0.3, 0.4) is 0 Å². The number of nitrogens with zero attached hydrogens (tertiary/aromatic N) is 2. The average molecular weight is 399 g/mol. The van der Waals surface area contributed by atoms with E-state index < -0.39 is 0 Å². The van der Waals surface area contributed by atoms with Gasteiger partial charge in [-0.3, -0.25) is 0 Å². The Bertz CT molecular complexity index is 1240. The lowest BCUT2D eigenvalue weighted by Crippen LogP contribution is -2.03. The van der Waals surface area contributed by atoms with Crippen molar-refractivity contribution in [2.24, 2.45) is 0 Å². The van der Waals surface area contributed by atoms with Crippen LogP contribution in [-0.2, 0) is 0 Å². The first-order chi connectivity index (χ1) is 14.7. The summed E-state index contributed by atoms with van der Waals surface area (Å²) in [5.74, 6) is 2.89. The van der Waals surface area contributed by atoms with Crippen LogP contribution in [0, 0.1) is 6.92 Å². The van der Waals surface area contributed by atoms with Crippen LogP contribution in [0.15, 0.2) is 60.8 Å². The van der Waals surface area contributed by atoms with Crippen LogP contribution in [-0.4, -0.2) is 23.8 Å². The second kappa shape index (κ2) is 7.44. The largest absolute Gasteiger partial charge is 0.496 e. The van der Waals surface area contributed by atoms with Crippen molar-refractivity contribution >= 4 is 39.6 Å². The van der Waals surface area contributed by atoms with Gasteiger partial charge in [-0.2, -0.15) is 4.98 Å². The van der Waals surface area contributed by atoms with E-state index in [4.69, 9.17) is 9.47 Å². The van der Waals surface area contributed by atoms with Gasteiger partial charge in [0.1, 0.15) is 17.3 Å². The van der Waals surface area contributed by atoms with Crippen molar-refractivity contribution in [1.29, 1.82) is 0 Å². The first-order valence-corrected chi connectivity index (χ1v) is 9.65. The van der Waals surface area contributed by atoms with Gasteiger partial charge in [0.15, 0.2) is 6.73 Å². The SMILES string of the molecule is COc1cc(Nc2ncc(C)c(Nc3ccc4c(c3)NCO4)n2)cc2ccccc12. The van der Waals surface area contributed by atoms with Crippen LogP contribution in [0.5, 0.6) is 11.5 Å². The maximum atomic E-state index is 5.55. The van der Waals surface area contributed by atoms with Crippen molar-refractivity contribution in [3.05, 3.63) is 66.4 Å². The lowest BCUT2D eigenvalue weighted by Gasteiger charge is -2.13. The second-order valence-corrected chi connectivity index (χ2v) is 7.05. The fourth-order valence-corrected chi connectivity index (χ4v) is 3.47. The van der Waals surface area contributed by atoms with Crippen LogP contribution < -0.4 is 25.4 Å².